The van der Waals surface area contributed by atoms with Gasteiger partial charge in [-0.2, -0.15) is 0 Å². The van der Waals surface area contributed by atoms with Crippen LogP contribution in [0.4, 0.5) is 0 Å². The summed E-state index contributed by atoms with van der Waals surface area (Å²) in [4.78, 5) is 36.8. The number of nitrogens with zero attached hydrogens (tertiary/aromatic N) is 3. The first-order valence-electron chi connectivity index (χ1n) is 9.19. The van der Waals surface area contributed by atoms with Gasteiger partial charge in [-0.3, -0.25) is 9.69 Å². The van der Waals surface area contributed by atoms with Crippen molar-refractivity contribution in [2.75, 3.05) is 32.8 Å². The fourth-order valence-electron chi connectivity index (χ4n) is 3.45. The molecule has 0 spiro atoms. The smallest absolute Gasteiger partial charge is 0.340 e. The van der Waals surface area contributed by atoms with E-state index >= 15 is 0 Å². The van der Waals surface area contributed by atoms with Crippen LogP contribution in [0.1, 0.15) is 49.7 Å². The Kier molecular flexibility index (Phi) is 5.96. The van der Waals surface area contributed by atoms with Crippen molar-refractivity contribution in [3.05, 3.63) is 38.6 Å². The van der Waals surface area contributed by atoms with Crippen molar-refractivity contribution in [3.8, 4) is 0 Å². The molecule has 1 saturated heterocycles. The number of aromatic nitrogens is 2. The topological polar surface area (TPSA) is 78.5 Å². The number of piperazine rings is 1. The molecule has 1 amide bonds. The van der Waals surface area contributed by atoms with Gasteiger partial charge in [0, 0.05) is 43.8 Å². The first-order chi connectivity index (χ1) is 12.9. The second kappa shape index (κ2) is 8.22. The van der Waals surface area contributed by atoms with E-state index in [4.69, 9.17) is 4.74 Å². The van der Waals surface area contributed by atoms with E-state index in [1.165, 1.54) is 0 Å². The van der Waals surface area contributed by atoms with Gasteiger partial charge in [0.25, 0.3) is 5.91 Å². The quantitative estimate of drug-likeness (QED) is 0.794. The van der Waals surface area contributed by atoms with Gasteiger partial charge in [-0.25, -0.2) is 9.78 Å². The zero-order valence-electron chi connectivity index (χ0n) is 16.3. The molecular formula is C19H26N4O3S. The fraction of sp³-hybridized carbons (Fsp3) is 0.526. The Balaban J connectivity index is 1.64. The zero-order valence-corrected chi connectivity index (χ0v) is 17.1. The van der Waals surface area contributed by atoms with Gasteiger partial charge in [0.15, 0.2) is 0 Å². The minimum atomic E-state index is -0.383. The van der Waals surface area contributed by atoms with Gasteiger partial charge in [-0.15, -0.1) is 11.3 Å². The summed E-state index contributed by atoms with van der Waals surface area (Å²) in [6.07, 6.45) is 0. The number of amides is 1. The molecule has 8 heteroatoms. The highest BCUT2D eigenvalue weighted by atomic mass is 32.1. The molecule has 0 aliphatic carbocycles. The van der Waals surface area contributed by atoms with E-state index in [1.54, 1.807) is 32.1 Å². The summed E-state index contributed by atoms with van der Waals surface area (Å²) < 4.78 is 5.10. The molecule has 146 valence electrons. The summed E-state index contributed by atoms with van der Waals surface area (Å²) in [5.41, 5.74) is 3.38. The van der Waals surface area contributed by atoms with Crippen LogP contribution in [-0.4, -0.2) is 64.4 Å². The molecule has 3 heterocycles. The third kappa shape index (κ3) is 4.22. The number of ether oxygens (including phenoxy) is 1. The van der Waals surface area contributed by atoms with E-state index in [1.807, 2.05) is 11.8 Å². The summed E-state index contributed by atoms with van der Waals surface area (Å²) in [6, 6.07) is 0. The third-order valence-corrected chi connectivity index (χ3v) is 5.66. The molecule has 27 heavy (non-hydrogen) atoms. The molecule has 3 rings (SSSR count). The van der Waals surface area contributed by atoms with Crippen LogP contribution < -0.4 is 0 Å². The number of thiazole rings is 1. The molecule has 2 aromatic rings. The molecule has 1 aliphatic rings. The predicted octanol–water partition coefficient (Wildman–Crippen LogP) is 2.53. The lowest BCUT2D eigenvalue weighted by Crippen LogP contribution is -2.48. The van der Waals surface area contributed by atoms with Crippen LogP contribution in [0.2, 0.25) is 0 Å². The van der Waals surface area contributed by atoms with Crippen molar-refractivity contribution in [3.63, 3.8) is 0 Å². The Morgan fingerprint density at radius 2 is 1.93 bits per heavy atom. The molecule has 0 atom stereocenters. The van der Waals surface area contributed by atoms with Crippen LogP contribution in [0.25, 0.3) is 0 Å². The fourth-order valence-corrected chi connectivity index (χ4v) is 4.05. The normalized spacial score (nSPS) is 15.2. The van der Waals surface area contributed by atoms with Crippen LogP contribution in [0.3, 0.4) is 0 Å². The monoisotopic (exact) mass is 390 g/mol. The van der Waals surface area contributed by atoms with Crippen LogP contribution in [0.15, 0.2) is 5.38 Å². The number of aryl methyl sites for hydroxylation is 2. The molecule has 0 saturated carbocycles. The van der Waals surface area contributed by atoms with E-state index in [9.17, 15) is 9.59 Å². The van der Waals surface area contributed by atoms with E-state index in [2.05, 4.69) is 20.2 Å². The third-order valence-electron chi connectivity index (χ3n) is 4.84. The number of H-pyrrole nitrogens is 1. The average Bonchev–Trinajstić information content (AvgIpc) is 3.17. The summed E-state index contributed by atoms with van der Waals surface area (Å²) >= 11 is 1.66. The minimum absolute atomic E-state index is 0.0599. The van der Waals surface area contributed by atoms with Crippen molar-refractivity contribution < 1.29 is 14.3 Å². The van der Waals surface area contributed by atoms with E-state index in [-0.39, 0.29) is 11.9 Å². The van der Waals surface area contributed by atoms with Crippen molar-refractivity contribution in [1.29, 1.82) is 0 Å². The van der Waals surface area contributed by atoms with Gasteiger partial charge in [0.2, 0.25) is 0 Å². The lowest BCUT2D eigenvalue weighted by molar-refractivity contribution is 0.0525. The number of esters is 1. The highest BCUT2D eigenvalue weighted by Gasteiger charge is 2.28. The number of nitrogens with one attached hydrogen (secondary N) is 1. The molecule has 7 nitrogen and oxygen atoms in total. The van der Waals surface area contributed by atoms with Gasteiger partial charge < -0.3 is 14.6 Å². The Hall–Kier alpha value is -2.19. The van der Waals surface area contributed by atoms with Crippen molar-refractivity contribution in [2.45, 2.75) is 34.2 Å². The van der Waals surface area contributed by atoms with Crippen LogP contribution >= 0.6 is 11.3 Å². The summed E-state index contributed by atoms with van der Waals surface area (Å²) in [5, 5.41) is 3.17. The Bertz CT molecular complexity index is 834. The van der Waals surface area contributed by atoms with Gasteiger partial charge >= 0.3 is 5.97 Å². The first kappa shape index (κ1) is 19.6. The Labute approximate surface area is 163 Å². The van der Waals surface area contributed by atoms with Gasteiger partial charge in [-0.05, 0) is 33.3 Å². The minimum Gasteiger partial charge on any atom is -0.462 e. The lowest BCUT2D eigenvalue weighted by Gasteiger charge is -2.34. The highest BCUT2D eigenvalue weighted by Crippen LogP contribution is 2.21. The van der Waals surface area contributed by atoms with E-state index in [0.717, 1.165) is 30.3 Å². The summed E-state index contributed by atoms with van der Waals surface area (Å²) in [7, 11) is 0. The number of rotatable bonds is 5. The highest BCUT2D eigenvalue weighted by molar-refractivity contribution is 7.09. The number of carbonyl (C=O) groups is 2. The van der Waals surface area contributed by atoms with Gasteiger partial charge in [0.05, 0.1) is 22.9 Å². The Morgan fingerprint density at radius 1 is 1.22 bits per heavy atom. The van der Waals surface area contributed by atoms with Crippen LogP contribution in [-0.2, 0) is 11.3 Å². The maximum absolute atomic E-state index is 12.9. The maximum atomic E-state index is 12.9. The first-order valence-corrected chi connectivity index (χ1v) is 10.1. The van der Waals surface area contributed by atoms with Crippen molar-refractivity contribution in [1.82, 2.24) is 19.8 Å². The van der Waals surface area contributed by atoms with E-state index in [0.29, 0.717) is 42.2 Å². The zero-order chi connectivity index (χ0) is 19.6. The molecule has 1 aliphatic heterocycles. The molecule has 0 aromatic carbocycles. The standard InChI is InChI=1S/C19H26N4O3S/c1-5-26-19(25)16-12(2)17(20-13(16)3)18(24)23-8-6-22(7-9-23)10-15-11-27-14(4)21-15/h11,20H,5-10H2,1-4H3. The molecule has 2 aromatic heterocycles. The molecule has 0 bridgehead atoms. The van der Waals surface area contributed by atoms with Crippen molar-refractivity contribution in [2.24, 2.45) is 0 Å². The molecule has 0 radical (unpaired) electrons. The largest absolute Gasteiger partial charge is 0.462 e. The van der Waals surface area contributed by atoms with Crippen LogP contribution in [0, 0.1) is 20.8 Å². The SMILES string of the molecule is CCOC(=O)c1c(C)[nH]c(C(=O)N2CCN(Cc3csc(C)n3)CC2)c1C. The number of carbonyl (C=O) groups excluding carboxylic acids is 2. The molecule has 0 unspecified atom stereocenters. The van der Waals surface area contributed by atoms with E-state index < -0.39 is 0 Å². The summed E-state index contributed by atoms with van der Waals surface area (Å²) in [5.74, 6) is -0.443. The number of aromatic amines is 1. The van der Waals surface area contributed by atoms with Crippen molar-refractivity contribution >= 4 is 23.2 Å². The maximum Gasteiger partial charge on any atom is 0.340 e. The lowest BCUT2D eigenvalue weighted by atomic mass is 10.1. The van der Waals surface area contributed by atoms with Crippen LogP contribution in [0.5, 0.6) is 0 Å². The Morgan fingerprint density at radius 3 is 2.52 bits per heavy atom. The summed E-state index contributed by atoms with van der Waals surface area (Å²) in [6.45, 7) is 11.4. The number of hydrogen-bond donors (Lipinski definition) is 1. The molecular weight excluding hydrogens is 364 g/mol. The second-order valence-corrected chi connectivity index (χ2v) is 7.83. The average molecular weight is 391 g/mol. The van der Waals surface area contributed by atoms with Gasteiger partial charge in [0.1, 0.15) is 5.69 Å². The number of hydrogen-bond acceptors (Lipinski definition) is 6. The molecule has 1 fully saturated rings. The predicted molar refractivity (Wildman–Crippen MR) is 104 cm³/mol. The molecule has 1 N–H and O–H groups in total. The van der Waals surface area contributed by atoms with Gasteiger partial charge in [-0.1, -0.05) is 0 Å². The second-order valence-electron chi connectivity index (χ2n) is 6.77.